The van der Waals surface area contributed by atoms with Crippen molar-refractivity contribution < 1.29 is 18.0 Å². The summed E-state index contributed by atoms with van der Waals surface area (Å²) in [5, 5.41) is 2.55. The van der Waals surface area contributed by atoms with Crippen molar-refractivity contribution in [3.05, 3.63) is 57.4 Å². The highest BCUT2D eigenvalue weighted by atomic mass is 32.2. The lowest BCUT2D eigenvalue weighted by Gasteiger charge is -2.08. The molecule has 0 saturated heterocycles. The number of benzene rings is 1. The van der Waals surface area contributed by atoms with Crippen LogP contribution in [0.25, 0.3) is 0 Å². The van der Waals surface area contributed by atoms with Crippen molar-refractivity contribution in [3.8, 4) is 0 Å². The number of carbonyl (C=O) groups excluding carboxylic acids is 2. The highest BCUT2D eigenvalue weighted by molar-refractivity contribution is 7.90. The number of hydrogen-bond donors (Lipinski definition) is 3. The van der Waals surface area contributed by atoms with Gasteiger partial charge in [-0.05, 0) is 24.3 Å². The Hall–Kier alpha value is -3.21. The fourth-order valence-corrected chi connectivity index (χ4v) is 3.02. The first-order valence-electron chi connectivity index (χ1n) is 7.40. The van der Waals surface area contributed by atoms with E-state index in [1.165, 1.54) is 41.1 Å². The van der Waals surface area contributed by atoms with E-state index in [1.807, 2.05) is 4.72 Å². The number of aryl methyl sites for hydroxylation is 1. The molecule has 0 bridgehead atoms. The Bertz CT molecular complexity index is 1040. The second kappa shape index (κ2) is 7.78. The molecule has 2 aromatic rings. The van der Waals surface area contributed by atoms with Crippen molar-refractivity contribution in [2.45, 2.75) is 24.8 Å². The van der Waals surface area contributed by atoms with E-state index >= 15 is 0 Å². The van der Waals surface area contributed by atoms with Crippen LogP contribution in [0.1, 0.15) is 13.3 Å². The van der Waals surface area contributed by atoms with Crippen molar-refractivity contribution >= 4 is 27.5 Å². The van der Waals surface area contributed by atoms with Crippen LogP contribution in [0.3, 0.4) is 0 Å². The van der Waals surface area contributed by atoms with Crippen LogP contribution in [0.2, 0.25) is 0 Å². The number of aromatic amines is 1. The van der Waals surface area contributed by atoms with Gasteiger partial charge in [0.2, 0.25) is 11.8 Å². The molecule has 3 N–H and O–H groups in total. The van der Waals surface area contributed by atoms with Crippen LogP contribution < -0.4 is 21.3 Å². The van der Waals surface area contributed by atoms with Crippen molar-refractivity contribution in [1.29, 1.82) is 0 Å². The molecule has 1 heterocycles. The largest absolute Gasteiger partial charge is 0.328 e. The van der Waals surface area contributed by atoms with Crippen molar-refractivity contribution in [3.63, 3.8) is 0 Å². The van der Waals surface area contributed by atoms with Crippen LogP contribution in [0.4, 0.5) is 5.69 Å². The minimum absolute atomic E-state index is 0.0299. The average Bonchev–Trinajstić information content (AvgIpc) is 2.53. The van der Waals surface area contributed by atoms with E-state index in [1.54, 1.807) is 0 Å². The zero-order valence-electron chi connectivity index (χ0n) is 13.7. The van der Waals surface area contributed by atoms with Crippen molar-refractivity contribution in [2.24, 2.45) is 0 Å². The number of nitrogens with one attached hydrogen (secondary N) is 3. The molecule has 26 heavy (non-hydrogen) atoms. The van der Waals surface area contributed by atoms with Crippen LogP contribution in [0.5, 0.6) is 0 Å². The molecule has 2 rings (SSSR count). The Balaban J connectivity index is 1.98. The molecule has 0 aliphatic rings. The summed E-state index contributed by atoms with van der Waals surface area (Å²) in [6.07, 6.45) is 1.26. The first kappa shape index (κ1) is 19.1. The number of sulfonamides is 1. The molecule has 138 valence electrons. The summed E-state index contributed by atoms with van der Waals surface area (Å²) >= 11 is 0. The number of H-pyrrole nitrogens is 1. The van der Waals surface area contributed by atoms with E-state index in [9.17, 15) is 27.6 Å². The molecular weight excluding hydrogens is 364 g/mol. The SMILES string of the molecule is CC(=O)NS(=O)(=O)c1ccc(NC(=O)CCn2ccc(=O)[nH]c2=O)cc1. The lowest BCUT2D eigenvalue weighted by atomic mass is 10.3. The van der Waals surface area contributed by atoms with Gasteiger partial charge in [0, 0.05) is 37.8 Å². The van der Waals surface area contributed by atoms with Crippen LogP contribution in [-0.4, -0.2) is 29.8 Å². The van der Waals surface area contributed by atoms with Gasteiger partial charge in [-0.3, -0.25) is 19.4 Å². The van der Waals surface area contributed by atoms with E-state index in [0.29, 0.717) is 5.69 Å². The second-order valence-corrected chi connectivity index (χ2v) is 6.97. The van der Waals surface area contributed by atoms with Gasteiger partial charge in [-0.25, -0.2) is 17.9 Å². The van der Waals surface area contributed by atoms with E-state index in [-0.39, 0.29) is 17.9 Å². The lowest BCUT2D eigenvalue weighted by Crippen LogP contribution is -2.29. The Kier molecular flexibility index (Phi) is 5.72. The molecule has 1 aromatic carbocycles. The van der Waals surface area contributed by atoms with Crippen molar-refractivity contribution in [1.82, 2.24) is 14.3 Å². The summed E-state index contributed by atoms with van der Waals surface area (Å²) in [6, 6.07) is 6.41. The Morgan fingerprint density at radius 2 is 1.77 bits per heavy atom. The fourth-order valence-electron chi connectivity index (χ4n) is 2.03. The number of aromatic nitrogens is 2. The van der Waals surface area contributed by atoms with Gasteiger partial charge in [-0.15, -0.1) is 0 Å². The van der Waals surface area contributed by atoms with Gasteiger partial charge < -0.3 is 9.88 Å². The summed E-state index contributed by atoms with van der Waals surface area (Å²) in [4.78, 5) is 47.2. The molecule has 10 nitrogen and oxygen atoms in total. The van der Waals surface area contributed by atoms with Crippen LogP contribution >= 0.6 is 0 Å². The van der Waals surface area contributed by atoms with Gasteiger partial charge in [0.25, 0.3) is 15.6 Å². The number of hydrogen-bond acceptors (Lipinski definition) is 6. The van der Waals surface area contributed by atoms with Crippen LogP contribution in [0, 0.1) is 0 Å². The van der Waals surface area contributed by atoms with Gasteiger partial charge in [-0.1, -0.05) is 0 Å². The minimum Gasteiger partial charge on any atom is -0.326 e. The Morgan fingerprint density at radius 3 is 2.35 bits per heavy atom. The first-order valence-corrected chi connectivity index (χ1v) is 8.89. The second-order valence-electron chi connectivity index (χ2n) is 5.29. The highest BCUT2D eigenvalue weighted by Crippen LogP contribution is 2.14. The third-order valence-electron chi connectivity index (χ3n) is 3.20. The number of carbonyl (C=O) groups is 2. The Morgan fingerprint density at radius 1 is 1.12 bits per heavy atom. The quantitative estimate of drug-likeness (QED) is 0.609. The van der Waals surface area contributed by atoms with E-state index < -0.39 is 33.1 Å². The molecular formula is C15H16N4O6S. The summed E-state index contributed by atoms with van der Waals surface area (Å²) < 4.78 is 26.6. The fraction of sp³-hybridized carbons (Fsp3) is 0.200. The van der Waals surface area contributed by atoms with Gasteiger partial charge in [-0.2, -0.15) is 0 Å². The smallest absolute Gasteiger partial charge is 0.326 e. The van der Waals surface area contributed by atoms with E-state index in [4.69, 9.17) is 0 Å². The zero-order chi connectivity index (χ0) is 19.3. The third-order valence-corrected chi connectivity index (χ3v) is 4.65. The molecule has 0 aliphatic carbocycles. The maximum Gasteiger partial charge on any atom is 0.328 e. The summed E-state index contributed by atoms with van der Waals surface area (Å²) in [6.45, 7) is 1.15. The normalized spacial score (nSPS) is 11.0. The van der Waals surface area contributed by atoms with Gasteiger partial charge in [0.1, 0.15) is 0 Å². The molecule has 2 amide bonds. The molecule has 11 heteroatoms. The van der Waals surface area contributed by atoms with E-state index in [0.717, 1.165) is 6.92 Å². The molecule has 0 fully saturated rings. The monoisotopic (exact) mass is 380 g/mol. The summed E-state index contributed by atoms with van der Waals surface area (Å²) in [5.74, 6) is -1.11. The maximum atomic E-state index is 11.9. The standard InChI is InChI=1S/C15H16N4O6S/c1-10(20)18-26(24,25)12-4-2-11(3-5-12)16-13(21)6-8-19-9-7-14(22)17-15(19)23/h2-5,7,9H,6,8H2,1H3,(H,16,21)(H,18,20)(H,17,22,23). The van der Waals surface area contributed by atoms with E-state index in [2.05, 4.69) is 10.3 Å². The van der Waals surface area contributed by atoms with Gasteiger partial charge in [0.05, 0.1) is 4.90 Å². The van der Waals surface area contributed by atoms with Gasteiger partial charge >= 0.3 is 5.69 Å². The van der Waals surface area contributed by atoms with Crippen molar-refractivity contribution in [2.75, 3.05) is 5.32 Å². The average molecular weight is 380 g/mol. The number of rotatable bonds is 6. The van der Waals surface area contributed by atoms with Gasteiger partial charge in [0.15, 0.2) is 0 Å². The number of anilines is 1. The zero-order valence-corrected chi connectivity index (χ0v) is 14.5. The molecule has 0 radical (unpaired) electrons. The summed E-state index contributed by atoms with van der Waals surface area (Å²) in [7, 11) is -3.94. The highest BCUT2D eigenvalue weighted by Gasteiger charge is 2.15. The predicted molar refractivity (Wildman–Crippen MR) is 92.0 cm³/mol. The molecule has 0 saturated carbocycles. The molecule has 0 aliphatic heterocycles. The Labute approximate surface area is 147 Å². The van der Waals surface area contributed by atoms with Crippen LogP contribution in [-0.2, 0) is 26.2 Å². The molecule has 0 unspecified atom stereocenters. The van der Waals surface area contributed by atoms with Crippen LogP contribution in [0.15, 0.2) is 51.0 Å². The number of amides is 2. The maximum absolute atomic E-state index is 11.9. The topological polar surface area (TPSA) is 147 Å². The third kappa shape index (κ3) is 5.14. The molecule has 0 spiro atoms. The first-order chi connectivity index (χ1) is 12.2. The number of nitrogens with zero attached hydrogens (tertiary/aromatic N) is 1. The minimum atomic E-state index is -3.94. The summed E-state index contributed by atoms with van der Waals surface area (Å²) in [5.41, 5.74) is -0.784. The molecule has 1 aromatic heterocycles. The lowest BCUT2D eigenvalue weighted by molar-refractivity contribution is -0.117. The molecule has 0 atom stereocenters. The predicted octanol–water partition coefficient (Wildman–Crippen LogP) is -0.610.